The second-order valence-corrected chi connectivity index (χ2v) is 7.72. The van der Waals surface area contributed by atoms with Crippen LogP contribution in [0.4, 0.5) is 14.5 Å². The zero-order chi connectivity index (χ0) is 22.2. The first-order valence-electron chi connectivity index (χ1n) is 8.90. The molecule has 0 aliphatic carbocycles. The molecule has 0 saturated heterocycles. The number of aryl methyl sites for hydroxylation is 1. The number of carbonyl (C=O) groups excluding carboxylic acids is 1. The molecule has 0 saturated carbocycles. The fraction of sp³-hybridized carbons (Fsp3) is 0.190. The molecule has 30 heavy (non-hydrogen) atoms. The van der Waals surface area contributed by atoms with Gasteiger partial charge in [0, 0.05) is 5.56 Å². The molecule has 0 aliphatic heterocycles. The highest BCUT2D eigenvalue weighted by atomic mass is 35.5. The smallest absolute Gasteiger partial charge is 0.259 e. The Labute approximate surface area is 176 Å². The van der Waals surface area contributed by atoms with E-state index in [9.17, 15) is 18.7 Å². The molecule has 0 fully saturated rings. The van der Waals surface area contributed by atoms with E-state index in [0.29, 0.717) is 11.4 Å². The molecule has 6 nitrogen and oxygen atoms in total. The van der Waals surface area contributed by atoms with Crippen LogP contribution < -0.4 is 11.1 Å². The van der Waals surface area contributed by atoms with Crippen molar-refractivity contribution in [1.29, 1.82) is 0 Å². The molecule has 9 heteroatoms. The van der Waals surface area contributed by atoms with Crippen LogP contribution in [-0.2, 0) is 5.54 Å². The molecule has 2 aromatic carbocycles. The predicted molar refractivity (Wildman–Crippen MR) is 110 cm³/mol. The zero-order valence-electron chi connectivity index (χ0n) is 16.4. The Kier molecular flexibility index (Phi) is 5.74. The molecule has 1 aromatic heterocycles. The molecule has 0 spiro atoms. The predicted octanol–water partition coefficient (Wildman–Crippen LogP) is 4.54. The van der Waals surface area contributed by atoms with Crippen LogP contribution in [0.5, 0.6) is 5.75 Å². The van der Waals surface area contributed by atoms with E-state index in [2.05, 4.69) is 15.3 Å². The first-order chi connectivity index (χ1) is 14.0. The topological polar surface area (TPSA) is 101 Å². The van der Waals surface area contributed by atoms with E-state index in [4.69, 9.17) is 17.3 Å². The van der Waals surface area contributed by atoms with Gasteiger partial charge in [0.05, 0.1) is 45.1 Å². The lowest BCUT2D eigenvalue weighted by molar-refractivity contribution is 0.102. The van der Waals surface area contributed by atoms with E-state index in [-0.39, 0.29) is 27.5 Å². The van der Waals surface area contributed by atoms with Crippen LogP contribution in [0.2, 0.25) is 5.02 Å². The third-order valence-corrected chi connectivity index (χ3v) is 4.68. The molecule has 0 unspecified atom stereocenters. The van der Waals surface area contributed by atoms with Crippen molar-refractivity contribution in [2.45, 2.75) is 26.3 Å². The average molecular weight is 433 g/mol. The minimum Gasteiger partial charge on any atom is -0.507 e. The minimum absolute atomic E-state index is 0.0337. The van der Waals surface area contributed by atoms with Gasteiger partial charge in [-0.1, -0.05) is 17.7 Å². The van der Waals surface area contributed by atoms with Crippen LogP contribution in [0.25, 0.3) is 11.3 Å². The first kappa shape index (κ1) is 21.6. The van der Waals surface area contributed by atoms with Gasteiger partial charge in [0.2, 0.25) is 0 Å². The minimum atomic E-state index is -0.924. The number of nitrogens with one attached hydrogen (secondary N) is 1. The summed E-state index contributed by atoms with van der Waals surface area (Å²) in [5.41, 5.74) is 5.83. The quantitative estimate of drug-likeness (QED) is 0.562. The molecule has 3 rings (SSSR count). The summed E-state index contributed by atoms with van der Waals surface area (Å²) in [6.07, 6.45) is 1.34. The lowest BCUT2D eigenvalue weighted by atomic mass is 9.99. The fourth-order valence-corrected chi connectivity index (χ4v) is 3.19. The number of amides is 1. The molecule has 4 N–H and O–H groups in total. The van der Waals surface area contributed by atoms with Gasteiger partial charge in [-0.05, 0) is 45.0 Å². The second kappa shape index (κ2) is 7.97. The largest absolute Gasteiger partial charge is 0.507 e. The SMILES string of the molecule is Cc1nc(-c2cc(O)c(C(=O)Nc3c(F)cccc3Cl)cc2F)cnc1C(C)(C)N. The maximum Gasteiger partial charge on any atom is 0.259 e. The van der Waals surface area contributed by atoms with Crippen molar-refractivity contribution in [1.82, 2.24) is 9.97 Å². The van der Waals surface area contributed by atoms with Gasteiger partial charge in [-0.25, -0.2) is 13.8 Å². The third-order valence-electron chi connectivity index (χ3n) is 4.36. The Morgan fingerprint density at radius 2 is 1.93 bits per heavy atom. The van der Waals surface area contributed by atoms with Crippen LogP contribution in [0.15, 0.2) is 36.5 Å². The molecular formula is C21H19ClF2N4O2. The van der Waals surface area contributed by atoms with Crippen molar-refractivity contribution >= 4 is 23.2 Å². The maximum atomic E-state index is 14.8. The molecule has 1 heterocycles. The van der Waals surface area contributed by atoms with Crippen LogP contribution in [-0.4, -0.2) is 21.0 Å². The van der Waals surface area contributed by atoms with E-state index in [1.165, 1.54) is 18.3 Å². The number of hydrogen-bond donors (Lipinski definition) is 3. The number of nitrogens with zero attached hydrogens (tertiary/aromatic N) is 2. The van der Waals surface area contributed by atoms with Crippen molar-refractivity contribution in [3.05, 3.63) is 70.1 Å². The van der Waals surface area contributed by atoms with Crippen LogP contribution in [0.1, 0.15) is 35.6 Å². The summed E-state index contributed by atoms with van der Waals surface area (Å²) in [5.74, 6) is -3.02. The fourth-order valence-electron chi connectivity index (χ4n) is 2.98. The first-order valence-corrected chi connectivity index (χ1v) is 9.28. The number of hydrogen-bond acceptors (Lipinski definition) is 5. The number of aromatic nitrogens is 2. The molecular weight excluding hydrogens is 414 g/mol. The van der Waals surface area contributed by atoms with Crippen LogP contribution in [0, 0.1) is 18.6 Å². The molecule has 3 aromatic rings. The van der Waals surface area contributed by atoms with Gasteiger partial charge < -0.3 is 16.2 Å². The molecule has 0 atom stereocenters. The number of anilines is 1. The van der Waals surface area contributed by atoms with E-state index in [1.54, 1.807) is 20.8 Å². The number of para-hydroxylation sites is 1. The Morgan fingerprint density at radius 1 is 1.23 bits per heavy atom. The average Bonchev–Trinajstić information content (AvgIpc) is 2.65. The number of aromatic hydroxyl groups is 1. The number of benzene rings is 2. The monoisotopic (exact) mass is 432 g/mol. The van der Waals surface area contributed by atoms with Gasteiger partial charge >= 0.3 is 0 Å². The Balaban J connectivity index is 1.96. The number of rotatable bonds is 4. The van der Waals surface area contributed by atoms with Gasteiger partial charge in [-0.3, -0.25) is 9.78 Å². The summed E-state index contributed by atoms with van der Waals surface area (Å²) in [7, 11) is 0. The van der Waals surface area contributed by atoms with Gasteiger partial charge in [0.15, 0.2) is 0 Å². The van der Waals surface area contributed by atoms with Gasteiger partial charge in [-0.15, -0.1) is 0 Å². The Bertz CT molecular complexity index is 1130. The highest BCUT2D eigenvalue weighted by Gasteiger charge is 2.22. The highest BCUT2D eigenvalue weighted by molar-refractivity contribution is 6.34. The summed E-state index contributed by atoms with van der Waals surface area (Å²) < 4.78 is 28.6. The summed E-state index contributed by atoms with van der Waals surface area (Å²) >= 11 is 5.88. The van der Waals surface area contributed by atoms with Gasteiger partial charge in [0.1, 0.15) is 17.4 Å². The number of halogens is 3. The normalized spacial score (nSPS) is 11.4. The summed E-state index contributed by atoms with van der Waals surface area (Å²) in [5, 5.41) is 12.5. The number of carbonyl (C=O) groups is 1. The zero-order valence-corrected chi connectivity index (χ0v) is 17.2. The molecule has 0 aliphatic rings. The second-order valence-electron chi connectivity index (χ2n) is 7.31. The van der Waals surface area contributed by atoms with Gasteiger partial charge in [-0.2, -0.15) is 0 Å². The van der Waals surface area contributed by atoms with Crippen LogP contribution >= 0.6 is 11.6 Å². The Morgan fingerprint density at radius 3 is 2.53 bits per heavy atom. The van der Waals surface area contributed by atoms with Crippen molar-refractivity contribution in [2.24, 2.45) is 5.73 Å². The van der Waals surface area contributed by atoms with E-state index in [0.717, 1.165) is 18.2 Å². The lowest BCUT2D eigenvalue weighted by Crippen LogP contribution is -2.31. The van der Waals surface area contributed by atoms with Gasteiger partial charge in [0.25, 0.3) is 5.91 Å². The lowest BCUT2D eigenvalue weighted by Gasteiger charge is -2.20. The molecule has 1 amide bonds. The summed E-state index contributed by atoms with van der Waals surface area (Å²) in [6.45, 7) is 5.23. The van der Waals surface area contributed by atoms with Crippen molar-refractivity contribution in [3.8, 4) is 17.0 Å². The molecule has 0 bridgehead atoms. The van der Waals surface area contributed by atoms with E-state index >= 15 is 0 Å². The Hall–Kier alpha value is -3.10. The third kappa shape index (κ3) is 4.24. The molecule has 0 radical (unpaired) electrons. The van der Waals surface area contributed by atoms with Crippen LogP contribution in [0.3, 0.4) is 0 Å². The summed E-state index contributed by atoms with van der Waals surface area (Å²) in [4.78, 5) is 21.0. The number of phenols is 1. The van der Waals surface area contributed by atoms with Crippen molar-refractivity contribution in [3.63, 3.8) is 0 Å². The van der Waals surface area contributed by atoms with E-state index in [1.807, 2.05) is 0 Å². The standard InChI is InChI=1S/C21H19ClF2N4O2/c1-10-19(21(2,3)25)26-9-16(27-10)11-8-17(29)12(7-15(11)24)20(30)28-18-13(22)5-4-6-14(18)23/h4-9,29H,25H2,1-3H3,(H,28,30). The highest BCUT2D eigenvalue weighted by Crippen LogP contribution is 2.31. The number of nitrogens with two attached hydrogens (primary N) is 1. The maximum absolute atomic E-state index is 14.8. The molecule has 156 valence electrons. The van der Waals surface area contributed by atoms with Crippen molar-refractivity contribution in [2.75, 3.05) is 5.32 Å². The van der Waals surface area contributed by atoms with E-state index < -0.39 is 28.8 Å². The number of phenolic OH excluding ortho intramolecular Hbond substituents is 1. The summed E-state index contributed by atoms with van der Waals surface area (Å²) in [6, 6.07) is 5.77. The van der Waals surface area contributed by atoms with Crippen molar-refractivity contribution < 1.29 is 18.7 Å².